The van der Waals surface area contributed by atoms with E-state index in [1.165, 1.54) is 6.42 Å². The molecule has 2 aliphatic rings. The molecule has 1 N–H and O–H groups in total. The minimum absolute atomic E-state index is 0.355. The fourth-order valence-electron chi connectivity index (χ4n) is 3.67. The molecular weight excluding hydrogens is 244 g/mol. The summed E-state index contributed by atoms with van der Waals surface area (Å²) >= 11 is 0. The first-order chi connectivity index (χ1) is 9.24. The van der Waals surface area contributed by atoms with Gasteiger partial charge >= 0.3 is 0 Å². The first-order valence-corrected chi connectivity index (χ1v) is 6.76. The minimum Gasteiger partial charge on any atom is -0.383 e. The van der Waals surface area contributed by atoms with Crippen LogP contribution in [0.5, 0.6) is 0 Å². The fraction of sp³-hybridized carbons (Fsp3) is 0.615. The first kappa shape index (κ1) is 11.2. The monoisotopic (exact) mass is 260 g/mol. The number of nitrogens with zero attached hydrogens (tertiary/aromatic N) is 4. The lowest BCUT2D eigenvalue weighted by Crippen LogP contribution is -2.32. The molecule has 0 spiro atoms. The second-order valence-corrected chi connectivity index (χ2v) is 5.78. The van der Waals surface area contributed by atoms with E-state index in [2.05, 4.69) is 15.5 Å². The van der Waals surface area contributed by atoms with Crippen molar-refractivity contribution in [2.75, 3.05) is 0 Å². The second-order valence-electron chi connectivity index (χ2n) is 5.78. The molecule has 0 amide bonds. The Bertz CT molecular complexity index is 579. The van der Waals surface area contributed by atoms with Crippen LogP contribution in [-0.2, 0) is 12.1 Å². The lowest BCUT2D eigenvalue weighted by Gasteiger charge is -2.30. The maximum Gasteiger partial charge on any atom is 0.158 e. The fourth-order valence-corrected chi connectivity index (χ4v) is 3.67. The van der Waals surface area contributed by atoms with Crippen molar-refractivity contribution in [2.24, 2.45) is 11.8 Å². The Morgan fingerprint density at radius 3 is 3.11 bits per heavy atom. The average Bonchev–Trinajstić information content (AvgIpc) is 3.11. The third-order valence-electron chi connectivity index (χ3n) is 4.61. The van der Waals surface area contributed by atoms with Crippen molar-refractivity contribution in [3.63, 3.8) is 0 Å². The Labute approximate surface area is 110 Å². The Morgan fingerprint density at radius 1 is 1.47 bits per heavy atom. The summed E-state index contributed by atoms with van der Waals surface area (Å²) in [4.78, 5) is 0. The molecule has 3 unspecified atom stereocenters. The quantitative estimate of drug-likeness (QED) is 0.900. The lowest BCUT2D eigenvalue weighted by molar-refractivity contribution is -0.0222. The zero-order chi connectivity index (χ0) is 12.9. The molecule has 2 heterocycles. The molecule has 0 aliphatic heterocycles. The van der Waals surface area contributed by atoms with Gasteiger partial charge in [-0.15, -0.1) is 5.10 Å². The Kier molecular flexibility index (Phi) is 2.29. The van der Waals surface area contributed by atoms with Gasteiger partial charge in [-0.1, -0.05) is 10.4 Å². The van der Waals surface area contributed by atoms with Crippen LogP contribution >= 0.6 is 0 Å². The molecule has 6 nitrogen and oxygen atoms in total. The minimum atomic E-state index is -0.761. The number of aliphatic hydroxyl groups is 1. The largest absolute Gasteiger partial charge is 0.383 e. The first-order valence-electron chi connectivity index (χ1n) is 6.76. The molecule has 2 aromatic heterocycles. The van der Waals surface area contributed by atoms with Crippen LogP contribution in [0, 0.1) is 11.8 Å². The molecule has 0 aromatic carbocycles. The molecule has 3 atom stereocenters. The number of hydrogen-bond donors (Lipinski definition) is 1. The highest BCUT2D eigenvalue weighted by Crippen LogP contribution is 2.54. The summed E-state index contributed by atoms with van der Waals surface area (Å²) < 4.78 is 6.74. The van der Waals surface area contributed by atoms with Gasteiger partial charge in [-0.3, -0.25) is 0 Å². The van der Waals surface area contributed by atoms with Gasteiger partial charge in [0.1, 0.15) is 17.8 Å². The third-order valence-corrected chi connectivity index (χ3v) is 4.61. The van der Waals surface area contributed by atoms with Crippen LogP contribution in [0.3, 0.4) is 0 Å². The zero-order valence-electron chi connectivity index (χ0n) is 10.6. The van der Waals surface area contributed by atoms with Gasteiger partial charge in [0.2, 0.25) is 0 Å². The number of rotatable bonds is 3. The summed E-state index contributed by atoms with van der Waals surface area (Å²) in [6.07, 6.45) is 7.76. The van der Waals surface area contributed by atoms with Crippen molar-refractivity contribution >= 4 is 0 Å². The number of hydrogen-bond acceptors (Lipinski definition) is 5. The molecule has 0 radical (unpaired) electrons. The predicted octanol–water partition coefficient (Wildman–Crippen LogP) is 1.32. The highest BCUT2D eigenvalue weighted by molar-refractivity contribution is 5.15. The summed E-state index contributed by atoms with van der Waals surface area (Å²) in [5.41, 5.74) is -0.0537. The van der Waals surface area contributed by atoms with Gasteiger partial charge in [0.25, 0.3) is 0 Å². The zero-order valence-corrected chi connectivity index (χ0v) is 10.6. The van der Waals surface area contributed by atoms with Gasteiger partial charge in [-0.25, -0.2) is 4.68 Å². The Hall–Kier alpha value is -1.69. The molecule has 100 valence electrons. The molecule has 0 saturated heterocycles. The SMILES string of the molecule is OC1(c2cn(Cc3ccno3)nn2)CC2CCC1C2. The van der Waals surface area contributed by atoms with Gasteiger partial charge in [-0.2, -0.15) is 0 Å². The van der Waals surface area contributed by atoms with Crippen LogP contribution in [0.1, 0.15) is 37.1 Å². The van der Waals surface area contributed by atoms with E-state index in [1.807, 2.05) is 6.20 Å². The number of aromatic nitrogens is 4. The summed E-state index contributed by atoms with van der Waals surface area (Å²) in [6.45, 7) is 0.497. The second kappa shape index (κ2) is 3.90. The van der Waals surface area contributed by atoms with Gasteiger partial charge in [0.15, 0.2) is 5.76 Å². The van der Waals surface area contributed by atoms with E-state index in [4.69, 9.17) is 4.52 Å². The molecular formula is C13H16N4O2. The smallest absolute Gasteiger partial charge is 0.158 e. The summed E-state index contributed by atoms with van der Waals surface area (Å²) in [6, 6.07) is 1.80. The van der Waals surface area contributed by atoms with E-state index in [1.54, 1.807) is 16.9 Å². The molecule has 2 aliphatic carbocycles. The molecule has 2 aromatic rings. The molecule has 2 saturated carbocycles. The van der Waals surface area contributed by atoms with E-state index < -0.39 is 5.60 Å². The van der Waals surface area contributed by atoms with Crippen LogP contribution in [0.25, 0.3) is 0 Å². The Morgan fingerprint density at radius 2 is 2.42 bits per heavy atom. The average molecular weight is 260 g/mol. The van der Waals surface area contributed by atoms with Gasteiger partial charge in [0, 0.05) is 6.07 Å². The van der Waals surface area contributed by atoms with Crippen molar-refractivity contribution in [1.82, 2.24) is 20.2 Å². The maximum absolute atomic E-state index is 10.8. The lowest BCUT2D eigenvalue weighted by atomic mass is 9.82. The van der Waals surface area contributed by atoms with Crippen molar-refractivity contribution in [1.29, 1.82) is 0 Å². The Balaban J connectivity index is 1.58. The van der Waals surface area contributed by atoms with Crippen molar-refractivity contribution in [3.8, 4) is 0 Å². The van der Waals surface area contributed by atoms with Gasteiger partial charge in [0.05, 0.1) is 12.4 Å². The highest BCUT2D eigenvalue weighted by atomic mass is 16.5. The normalized spacial score (nSPS) is 33.1. The van der Waals surface area contributed by atoms with Crippen molar-refractivity contribution in [2.45, 2.75) is 37.8 Å². The summed E-state index contributed by atoms with van der Waals surface area (Å²) in [5, 5.41) is 22.8. The summed E-state index contributed by atoms with van der Waals surface area (Å²) in [7, 11) is 0. The highest BCUT2D eigenvalue weighted by Gasteiger charge is 2.52. The van der Waals surface area contributed by atoms with E-state index in [0.717, 1.165) is 25.0 Å². The van der Waals surface area contributed by atoms with Crippen LogP contribution in [0.15, 0.2) is 23.0 Å². The van der Waals surface area contributed by atoms with Gasteiger partial charge < -0.3 is 9.63 Å². The molecule has 4 rings (SSSR count). The molecule has 2 bridgehead atoms. The molecule has 6 heteroatoms. The van der Waals surface area contributed by atoms with Gasteiger partial charge in [-0.05, 0) is 37.5 Å². The van der Waals surface area contributed by atoms with E-state index in [0.29, 0.717) is 24.1 Å². The van der Waals surface area contributed by atoms with E-state index >= 15 is 0 Å². The predicted molar refractivity (Wildman–Crippen MR) is 65.0 cm³/mol. The van der Waals surface area contributed by atoms with E-state index in [9.17, 15) is 5.11 Å². The molecule has 2 fully saturated rings. The number of fused-ring (bicyclic) bond motifs is 2. The van der Waals surface area contributed by atoms with Crippen molar-refractivity contribution in [3.05, 3.63) is 29.9 Å². The van der Waals surface area contributed by atoms with Crippen molar-refractivity contribution < 1.29 is 9.63 Å². The third kappa shape index (κ3) is 1.70. The molecule has 19 heavy (non-hydrogen) atoms. The van der Waals surface area contributed by atoms with Crippen LogP contribution in [-0.4, -0.2) is 25.3 Å². The van der Waals surface area contributed by atoms with E-state index in [-0.39, 0.29) is 0 Å². The maximum atomic E-state index is 10.8. The topological polar surface area (TPSA) is 77.0 Å². The van der Waals surface area contributed by atoms with Crippen LogP contribution in [0.2, 0.25) is 0 Å². The standard InChI is InChI=1S/C13H16N4O2/c18-13(6-9-1-2-10(13)5-9)12-8-17(16-15-12)7-11-3-4-14-19-11/h3-4,8-10,18H,1-2,5-7H2. The van der Waals surface area contributed by atoms with Crippen LogP contribution in [0.4, 0.5) is 0 Å². The summed E-state index contributed by atoms with van der Waals surface area (Å²) in [5.74, 6) is 1.75. The van der Waals surface area contributed by atoms with Crippen LogP contribution < -0.4 is 0 Å².